The smallest absolute Gasteiger partial charge is 0.281 e. The maximum absolute atomic E-state index is 10.3. The van der Waals surface area contributed by atoms with Crippen LogP contribution in [-0.2, 0) is 4.79 Å². The van der Waals surface area contributed by atoms with Crippen LogP contribution in [0, 0.1) is 5.92 Å². The second-order valence-corrected chi connectivity index (χ2v) is 3.88. The van der Waals surface area contributed by atoms with Gasteiger partial charge in [0.25, 0.3) is 7.41 Å². The molecule has 0 aromatic rings. The number of nitrogens with two attached hydrogens (primary N) is 1. The van der Waals surface area contributed by atoms with Gasteiger partial charge in [0.2, 0.25) is 0 Å². The van der Waals surface area contributed by atoms with Crippen LogP contribution >= 0.6 is 0 Å². The standard InChI is InChI=1S/C9H19BN2O/c1-2-9(11)8-3-5-12(6-4-8)10-7-13/h7-10H,2-6,11H2,1H3. The highest BCUT2D eigenvalue weighted by atomic mass is 16.1. The summed E-state index contributed by atoms with van der Waals surface area (Å²) in [5.41, 5.74) is 5.98. The Labute approximate surface area is 80.9 Å². The molecule has 74 valence electrons. The summed E-state index contributed by atoms with van der Waals surface area (Å²) in [5.74, 6) is 0.674. The van der Waals surface area contributed by atoms with Crippen LogP contribution in [0.3, 0.4) is 0 Å². The van der Waals surface area contributed by atoms with Crippen LogP contribution in [0.2, 0.25) is 0 Å². The van der Waals surface area contributed by atoms with Crippen LogP contribution in [0.25, 0.3) is 0 Å². The fraction of sp³-hybridized carbons (Fsp3) is 0.889. The van der Waals surface area contributed by atoms with Gasteiger partial charge in [0.1, 0.15) is 0 Å². The second kappa shape index (κ2) is 5.40. The van der Waals surface area contributed by atoms with Crippen molar-refractivity contribution in [1.82, 2.24) is 4.81 Å². The Morgan fingerprint density at radius 3 is 2.69 bits per heavy atom. The van der Waals surface area contributed by atoms with E-state index < -0.39 is 0 Å². The number of carbonyl (C=O) groups is 1. The number of hydrogen-bond acceptors (Lipinski definition) is 3. The third kappa shape index (κ3) is 3.12. The van der Waals surface area contributed by atoms with Crippen LogP contribution in [0.5, 0.6) is 0 Å². The highest BCUT2D eigenvalue weighted by Gasteiger charge is 2.22. The van der Waals surface area contributed by atoms with Crippen LogP contribution in [-0.4, -0.2) is 37.5 Å². The molecule has 3 nitrogen and oxygen atoms in total. The summed E-state index contributed by atoms with van der Waals surface area (Å²) in [4.78, 5) is 12.5. The SMILES string of the molecule is CCC(N)C1CCN(BC=O)CC1. The van der Waals surface area contributed by atoms with Gasteiger partial charge in [-0.3, -0.25) is 0 Å². The lowest BCUT2D eigenvalue weighted by atomic mass is 9.83. The maximum atomic E-state index is 10.3. The third-order valence-corrected chi connectivity index (χ3v) is 3.04. The Morgan fingerprint density at radius 1 is 1.62 bits per heavy atom. The first-order valence-electron chi connectivity index (χ1n) is 5.19. The topological polar surface area (TPSA) is 46.3 Å². The van der Waals surface area contributed by atoms with Crippen molar-refractivity contribution in [3.05, 3.63) is 0 Å². The minimum Gasteiger partial charge on any atom is -0.339 e. The zero-order chi connectivity index (χ0) is 9.68. The minimum atomic E-state index is 0.360. The van der Waals surface area contributed by atoms with Crippen LogP contribution in [0.15, 0.2) is 0 Å². The molecular formula is C9H19BN2O. The van der Waals surface area contributed by atoms with Gasteiger partial charge in [0.15, 0.2) is 0 Å². The third-order valence-electron chi connectivity index (χ3n) is 3.04. The Hall–Kier alpha value is -0.345. The number of carbonyl (C=O) groups excluding carboxylic acids is 1. The van der Waals surface area contributed by atoms with Crippen molar-refractivity contribution in [2.24, 2.45) is 11.7 Å². The lowest BCUT2D eigenvalue weighted by molar-refractivity contribution is 0.245. The molecule has 1 unspecified atom stereocenters. The summed E-state index contributed by atoms with van der Waals surface area (Å²) in [7, 11) is 0.591. The van der Waals surface area contributed by atoms with E-state index in [1.165, 1.54) is 0 Å². The van der Waals surface area contributed by atoms with E-state index in [1.807, 2.05) is 0 Å². The molecule has 13 heavy (non-hydrogen) atoms. The van der Waals surface area contributed by atoms with Crippen molar-refractivity contribution in [2.75, 3.05) is 13.1 Å². The van der Waals surface area contributed by atoms with Crippen molar-refractivity contribution >= 4 is 13.6 Å². The van der Waals surface area contributed by atoms with Gasteiger partial charge >= 0.3 is 0 Å². The van der Waals surface area contributed by atoms with Crippen LogP contribution in [0.4, 0.5) is 0 Å². The molecular weight excluding hydrogens is 163 g/mol. The Morgan fingerprint density at radius 2 is 2.23 bits per heavy atom. The first-order valence-corrected chi connectivity index (χ1v) is 5.19. The molecule has 1 heterocycles. The molecule has 0 amide bonds. The quantitative estimate of drug-likeness (QED) is 0.490. The van der Waals surface area contributed by atoms with E-state index >= 15 is 0 Å². The van der Waals surface area contributed by atoms with Crippen molar-refractivity contribution < 1.29 is 4.79 Å². The summed E-state index contributed by atoms with van der Waals surface area (Å²) in [6, 6.07) is 0.360. The Kier molecular flexibility index (Phi) is 4.46. The molecule has 4 heteroatoms. The van der Waals surface area contributed by atoms with Gasteiger partial charge in [0, 0.05) is 6.04 Å². The Bertz CT molecular complexity index is 158. The molecule has 0 aromatic carbocycles. The molecule has 0 bridgehead atoms. The normalized spacial score (nSPS) is 22.6. The van der Waals surface area contributed by atoms with Gasteiger partial charge < -0.3 is 15.3 Å². The summed E-state index contributed by atoms with van der Waals surface area (Å²) < 4.78 is 0. The fourth-order valence-corrected chi connectivity index (χ4v) is 2.00. The van der Waals surface area contributed by atoms with E-state index in [-0.39, 0.29) is 0 Å². The lowest BCUT2D eigenvalue weighted by Gasteiger charge is -2.33. The zero-order valence-corrected chi connectivity index (χ0v) is 8.41. The van der Waals surface area contributed by atoms with Gasteiger partial charge in [-0.15, -0.1) is 0 Å². The molecule has 0 saturated carbocycles. The van der Waals surface area contributed by atoms with Crippen molar-refractivity contribution in [1.29, 1.82) is 0 Å². The molecule has 0 radical (unpaired) electrons. The summed E-state index contributed by atoms with van der Waals surface area (Å²) >= 11 is 0. The monoisotopic (exact) mass is 182 g/mol. The van der Waals surface area contributed by atoms with Gasteiger partial charge in [-0.05, 0) is 38.3 Å². The molecule has 1 saturated heterocycles. The largest absolute Gasteiger partial charge is 0.339 e. The summed E-state index contributed by atoms with van der Waals surface area (Å²) in [6.45, 7) is 4.22. The van der Waals surface area contributed by atoms with E-state index in [2.05, 4.69) is 11.7 Å². The first-order chi connectivity index (χ1) is 6.27. The summed E-state index contributed by atoms with van der Waals surface area (Å²) in [5, 5.41) is 0. The van der Waals surface area contributed by atoms with Crippen LogP contribution in [0.1, 0.15) is 26.2 Å². The number of nitrogens with zero attached hydrogens (tertiary/aromatic N) is 1. The van der Waals surface area contributed by atoms with Crippen molar-refractivity contribution in [3.63, 3.8) is 0 Å². The van der Waals surface area contributed by atoms with Gasteiger partial charge in [0.05, 0.1) is 6.19 Å². The van der Waals surface area contributed by atoms with E-state index in [9.17, 15) is 4.79 Å². The zero-order valence-electron chi connectivity index (χ0n) is 8.41. The maximum Gasteiger partial charge on any atom is 0.281 e. The molecule has 2 N–H and O–H groups in total. The highest BCUT2D eigenvalue weighted by molar-refractivity contribution is 6.64. The van der Waals surface area contributed by atoms with E-state index in [0.29, 0.717) is 19.4 Å². The van der Waals surface area contributed by atoms with E-state index in [1.54, 1.807) is 0 Å². The average Bonchev–Trinajstić information content (AvgIpc) is 2.18. The predicted octanol–water partition coefficient (Wildman–Crippen LogP) is -0.0226. The van der Waals surface area contributed by atoms with Gasteiger partial charge in [-0.1, -0.05) is 6.92 Å². The molecule has 1 aliphatic rings. The van der Waals surface area contributed by atoms with Crippen molar-refractivity contribution in [2.45, 2.75) is 32.2 Å². The second-order valence-electron chi connectivity index (χ2n) is 3.88. The van der Waals surface area contributed by atoms with Gasteiger partial charge in [-0.25, -0.2) is 0 Å². The highest BCUT2D eigenvalue weighted by Crippen LogP contribution is 2.20. The molecule has 0 aliphatic carbocycles. The van der Waals surface area contributed by atoms with E-state index in [4.69, 9.17) is 5.73 Å². The molecule has 1 fully saturated rings. The summed E-state index contributed by atoms with van der Waals surface area (Å²) in [6.07, 6.45) is 4.37. The van der Waals surface area contributed by atoms with Crippen LogP contribution < -0.4 is 5.73 Å². The molecule has 0 aromatic heterocycles. The minimum absolute atomic E-state index is 0.360. The van der Waals surface area contributed by atoms with E-state index in [0.717, 1.165) is 38.5 Å². The van der Waals surface area contributed by atoms with Crippen molar-refractivity contribution in [3.8, 4) is 0 Å². The fourth-order valence-electron chi connectivity index (χ4n) is 2.00. The number of rotatable bonds is 4. The first kappa shape index (κ1) is 10.7. The molecule has 1 atom stereocenters. The van der Waals surface area contributed by atoms with Gasteiger partial charge in [-0.2, -0.15) is 0 Å². The lowest BCUT2D eigenvalue weighted by Crippen LogP contribution is -2.42. The molecule has 1 rings (SSSR count). The number of hydrogen-bond donors (Lipinski definition) is 1. The number of piperidine rings is 1. The average molecular weight is 182 g/mol. The molecule has 1 aliphatic heterocycles. The Balaban J connectivity index is 2.25. The predicted molar refractivity (Wildman–Crippen MR) is 56.5 cm³/mol. The molecule has 0 spiro atoms.